The van der Waals surface area contributed by atoms with Crippen molar-refractivity contribution in [1.29, 1.82) is 0 Å². The molecule has 0 saturated heterocycles. The van der Waals surface area contributed by atoms with Gasteiger partial charge in [-0.3, -0.25) is 0 Å². The van der Waals surface area contributed by atoms with Crippen LogP contribution in [0.2, 0.25) is 0 Å². The Kier molecular flexibility index (Phi) is 10.0. The summed E-state index contributed by atoms with van der Waals surface area (Å²) in [5.41, 5.74) is 0. The molecule has 3 nitrogen and oxygen atoms in total. The molecule has 106 valence electrons. The van der Waals surface area contributed by atoms with Gasteiger partial charge in [0.1, 0.15) is 5.75 Å². The van der Waals surface area contributed by atoms with E-state index < -0.39 is 0 Å². The van der Waals surface area contributed by atoms with Crippen molar-refractivity contribution in [2.75, 3.05) is 0 Å². The van der Waals surface area contributed by atoms with Crippen LogP contribution in [0.4, 0.5) is 0 Å². The first-order chi connectivity index (χ1) is 9.10. The second-order valence-corrected chi connectivity index (χ2v) is 5.49. The molecule has 0 saturated carbocycles. The first-order valence-electron chi connectivity index (χ1n) is 6.72. The first-order valence-corrected chi connectivity index (χ1v) is 7.68. The Balaban J connectivity index is 0.00000361. The van der Waals surface area contributed by atoms with E-state index in [0.717, 1.165) is 35.7 Å². The Bertz CT molecular complexity index is 412. The Morgan fingerprint density at radius 1 is 1.15 bits per heavy atom. The summed E-state index contributed by atoms with van der Waals surface area (Å²) in [7, 11) is 0.622. The molecule has 1 rings (SSSR count). The topological polar surface area (TPSA) is 35.5 Å². The molecule has 0 fully saturated rings. The largest absolute Gasteiger partial charge is 1.00 e. The van der Waals surface area contributed by atoms with Crippen molar-refractivity contribution in [2.45, 2.75) is 52.7 Å². The number of hydrogen-bond donors (Lipinski definition) is 0. The summed E-state index contributed by atoms with van der Waals surface area (Å²) in [6.07, 6.45) is 2.18. The SMILES string of the molecule is CCC(C)Oc1ccc([P-]C=O)c(OC(C)CC)c1.[Li+]. The summed E-state index contributed by atoms with van der Waals surface area (Å²) in [4.78, 5) is 10.7. The molecule has 0 aliphatic carbocycles. The van der Waals surface area contributed by atoms with Crippen LogP contribution in [0.5, 0.6) is 11.5 Å². The normalized spacial score (nSPS) is 13.6. The van der Waals surface area contributed by atoms with Crippen LogP contribution in [0, 0.1) is 0 Å². The summed E-state index contributed by atoms with van der Waals surface area (Å²) in [5, 5.41) is 0.881. The summed E-state index contributed by atoms with van der Waals surface area (Å²) in [6, 6.07) is 6.53. The van der Waals surface area contributed by atoms with Gasteiger partial charge in [-0.05, 0) is 38.8 Å². The molecule has 20 heavy (non-hydrogen) atoms. The fourth-order valence-electron chi connectivity index (χ4n) is 1.44. The van der Waals surface area contributed by atoms with Gasteiger partial charge in [0.25, 0.3) is 0 Å². The zero-order valence-corrected chi connectivity index (χ0v) is 13.9. The molecule has 1 aromatic rings. The maximum Gasteiger partial charge on any atom is 1.00 e. The van der Waals surface area contributed by atoms with Gasteiger partial charge in [0.15, 0.2) is 0 Å². The Morgan fingerprint density at radius 3 is 2.30 bits per heavy atom. The molecule has 0 aromatic heterocycles. The Hall–Kier alpha value is -0.483. The van der Waals surface area contributed by atoms with Gasteiger partial charge >= 0.3 is 18.9 Å². The fourth-order valence-corrected chi connectivity index (χ4v) is 1.96. The van der Waals surface area contributed by atoms with E-state index in [1.165, 1.54) is 0 Å². The number of carbonyl (C=O) groups is 1. The zero-order chi connectivity index (χ0) is 14.3. The van der Waals surface area contributed by atoms with Crippen LogP contribution >= 0.6 is 8.58 Å². The molecule has 5 heteroatoms. The minimum Gasteiger partial charge on any atom is -0.493 e. The van der Waals surface area contributed by atoms with Gasteiger partial charge in [0, 0.05) is 6.07 Å². The van der Waals surface area contributed by atoms with E-state index in [1.807, 2.05) is 32.0 Å². The number of rotatable bonds is 8. The molecular weight excluding hydrogens is 266 g/mol. The van der Waals surface area contributed by atoms with Crippen molar-refractivity contribution in [2.24, 2.45) is 0 Å². The predicted molar refractivity (Wildman–Crippen MR) is 80.5 cm³/mol. The van der Waals surface area contributed by atoms with E-state index in [0.29, 0.717) is 8.58 Å². The monoisotopic (exact) mass is 288 g/mol. The molecule has 0 radical (unpaired) electrons. The molecule has 0 heterocycles. The van der Waals surface area contributed by atoms with Crippen LogP contribution in [0.25, 0.3) is 0 Å². The van der Waals surface area contributed by atoms with Crippen LogP contribution in [-0.2, 0) is 4.79 Å². The van der Waals surface area contributed by atoms with Gasteiger partial charge in [-0.2, -0.15) is 5.30 Å². The zero-order valence-electron chi connectivity index (χ0n) is 13.1. The summed E-state index contributed by atoms with van der Waals surface area (Å²) >= 11 is 0. The second kappa shape index (κ2) is 10.3. The smallest absolute Gasteiger partial charge is 0.493 e. The summed E-state index contributed by atoms with van der Waals surface area (Å²) < 4.78 is 11.6. The standard InChI is InChI=1S/C15H22O3P.Li/c1-5-11(3)17-13-7-8-15(19-10-16)14(9-13)18-12(4)6-2;/h7-12H,5-6H2,1-4H3;/q-1;+1. The summed E-state index contributed by atoms with van der Waals surface area (Å²) in [5.74, 6) is 1.53. The van der Waals surface area contributed by atoms with Gasteiger partial charge in [0.2, 0.25) is 0 Å². The average Bonchev–Trinajstić information content (AvgIpc) is 2.41. The van der Waals surface area contributed by atoms with E-state index in [-0.39, 0.29) is 31.1 Å². The van der Waals surface area contributed by atoms with Crippen LogP contribution in [0.1, 0.15) is 40.5 Å². The molecule has 2 atom stereocenters. The van der Waals surface area contributed by atoms with Gasteiger partial charge < -0.3 is 22.8 Å². The third-order valence-corrected chi connectivity index (χ3v) is 3.69. The maximum atomic E-state index is 10.7. The van der Waals surface area contributed by atoms with Gasteiger partial charge in [-0.15, -0.1) is 0 Å². The van der Waals surface area contributed by atoms with E-state index in [9.17, 15) is 4.79 Å². The molecule has 0 aliphatic heterocycles. The van der Waals surface area contributed by atoms with E-state index in [1.54, 1.807) is 0 Å². The van der Waals surface area contributed by atoms with Crippen LogP contribution in [-0.4, -0.2) is 18.2 Å². The quantitative estimate of drug-likeness (QED) is 0.403. The van der Waals surface area contributed by atoms with Crippen LogP contribution in [0.3, 0.4) is 0 Å². The van der Waals surface area contributed by atoms with E-state index >= 15 is 0 Å². The van der Waals surface area contributed by atoms with Crippen molar-refractivity contribution in [1.82, 2.24) is 0 Å². The van der Waals surface area contributed by atoms with Crippen molar-refractivity contribution >= 4 is 19.9 Å². The van der Waals surface area contributed by atoms with E-state index in [2.05, 4.69) is 13.8 Å². The van der Waals surface area contributed by atoms with Gasteiger partial charge in [-0.1, -0.05) is 19.9 Å². The minimum atomic E-state index is 0. The van der Waals surface area contributed by atoms with Crippen molar-refractivity contribution in [3.8, 4) is 11.5 Å². The van der Waals surface area contributed by atoms with Gasteiger partial charge in [-0.25, -0.2) is 0 Å². The third kappa shape index (κ3) is 6.31. The minimum absolute atomic E-state index is 0. The fraction of sp³-hybridized carbons (Fsp3) is 0.533. The maximum absolute atomic E-state index is 10.7. The van der Waals surface area contributed by atoms with Crippen molar-refractivity contribution < 1.29 is 33.1 Å². The molecule has 0 aliphatic rings. The predicted octanol–water partition coefficient (Wildman–Crippen LogP) is 0.807. The van der Waals surface area contributed by atoms with E-state index in [4.69, 9.17) is 9.47 Å². The first kappa shape index (κ1) is 19.5. The summed E-state index contributed by atoms with van der Waals surface area (Å²) in [6.45, 7) is 8.21. The van der Waals surface area contributed by atoms with Crippen molar-refractivity contribution in [3.05, 3.63) is 18.2 Å². The number of benzene rings is 1. The van der Waals surface area contributed by atoms with Crippen molar-refractivity contribution in [3.63, 3.8) is 0 Å². The second-order valence-electron chi connectivity index (χ2n) is 4.54. The molecule has 0 N–H and O–H groups in total. The average molecular weight is 288 g/mol. The molecule has 0 bridgehead atoms. The number of hydrogen-bond acceptors (Lipinski definition) is 3. The molecule has 0 amide bonds. The molecule has 1 aromatic carbocycles. The van der Waals surface area contributed by atoms with Gasteiger partial charge in [0.05, 0.1) is 18.0 Å². The molecular formula is C15H22LiO3P. The Labute approximate surface area is 135 Å². The Morgan fingerprint density at radius 2 is 1.75 bits per heavy atom. The van der Waals surface area contributed by atoms with Crippen LogP contribution in [0.15, 0.2) is 18.2 Å². The number of ether oxygens (including phenoxy) is 2. The van der Waals surface area contributed by atoms with Crippen LogP contribution < -0.4 is 33.6 Å². The molecule has 2 unspecified atom stereocenters. The third-order valence-electron chi connectivity index (χ3n) is 2.94. The number of carbonyl (C=O) groups excluding carboxylic acids is 1. The molecule has 0 spiro atoms.